The van der Waals surface area contributed by atoms with Gasteiger partial charge in [0.25, 0.3) is 0 Å². The largest absolute Gasteiger partial charge is 0.545 e. The molecule has 1 N–H and O–H groups in total. The lowest BCUT2D eigenvalue weighted by molar-refractivity contribution is -0.297. The van der Waals surface area contributed by atoms with E-state index in [0.29, 0.717) is 12.5 Å². The summed E-state index contributed by atoms with van der Waals surface area (Å²) in [5, 5.41) is 12.8. The van der Waals surface area contributed by atoms with E-state index in [-0.39, 0.29) is 6.04 Å². The fraction of sp³-hybridized carbons (Fsp3) is 0.231. The number of aliphatic carboxylic acids is 1. The van der Waals surface area contributed by atoms with Crippen LogP contribution >= 0.6 is 0 Å². The van der Waals surface area contributed by atoms with Gasteiger partial charge in [0, 0.05) is 12.1 Å². The third kappa shape index (κ3) is 5.51. The van der Waals surface area contributed by atoms with Crippen molar-refractivity contribution in [2.24, 2.45) is 0 Å². The van der Waals surface area contributed by atoms with Crippen molar-refractivity contribution in [3.05, 3.63) is 48.0 Å². The molecular weight excluding hydrogens is 218 g/mol. The van der Waals surface area contributed by atoms with E-state index in [0.717, 1.165) is 11.6 Å². The number of hydrogen-bond acceptors (Lipinski definition) is 3. The van der Waals surface area contributed by atoms with E-state index in [4.69, 9.17) is 0 Å². The summed E-state index contributed by atoms with van der Waals surface area (Å²) in [5.41, 5.74) is 1.11. The van der Waals surface area contributed by atoms with Gasteiger partial charge < -0.3 is 15.2 Å². The van der Waals surface area contributed by atoms with Gasteiger partial charge >= 0.3 is 0 Å². The summed E-state index contributed by atoms with van der Waals surface area (Å²) >= 11 is 0. The van der Waals surface area contributed by atoms with Crippen molar-refractivity contribution in [1.29, 1.82) is 0 Å². The zero-order valence-electron chi connectivity index (χ0n) is 9.55. The van der Waals surface area contributed by atoms with Crippen LogP contribution in [0.25, 0.3) is 0 Å². The Bertz CT molecular complexity index is 412. The average molecular weight is 232 g/mol. The molecule has 1 aromatic carbocycles. The van der Waals surface area contributed by atoms with Gasteiger partial charge in [0.05, 0.1) is 5.97 Å². The van der Waals surface area contributed by atoms with Gasteiger partial charge in [-0.3, -0.25) is 4.79 Å². The lowest BCUT2D eigenvalue weighted by atomic mass is 10.1. The summed E-state index contributed by atoms with van der Waals surface area (Å²) < 4.78 is 0. The first-order valence-corrected chi connectivity index (χ1v) is 5.31. The minimum atomic E-state index is -1.38. The molecule has 0 fully saturated rings. The highest BCUT2D eigenvalue weighted by atomic mass is 16.4. The Labute approximate surface area is 100.0 Å². The van der Waals surface area contributed by atoms with E-state index < -0.39 is 11.9 Å². The van der Waals surface area contributed by atoms with Crippen LogP contribution < -0.4 is 10.4 Å². The highest BCUT2D eigenvalue weighted by Crippen LogP contribution is 2.02. The minimum absolute atomic E-state index is 0.0590. The van der Waals surface area contributed by atoms with Crippen molar-refractivity contribution in [2.75, 3.05) is 0 Å². The Morgan fingerprint density at radius 3 is 2.53 bits per heavy atom. The Morgan fingerprint density at radius 2 is 1.94 bits per heavy atom. The number of amides is 1. The van der Waals surface area contributed by atoms with Crippen molar-refractivity contribution < 1.29 is 14.7 Å². The van der Waals surface area contributed by atoms with Crippen LogP contribution in [0.3, 0.4) is 0 Å². The molecule has 0 spiro atoms. The summed E-state index contributed by atoms with van der Waals surface area (Å²) in [7, 11) is 0. The Kier molecular flexibility index (Phi) is 4.94. The van der Waals surface area contributed by atoms with Crippen LogP contribution in [0.5, 0.6) is 0 Å². The van der Waals surface area contributed by atoms with E-state index in [1.165, 1.54) is 0 Å². The molecule has 0 unspecified atom stereocenters. The van der Waals surface area contributed by atoms with Crippen LogP contribution in [0.1, 0.15) is 12.5 Å². The molecule has 0 aliphatic rings. The Balaban J connectivity index is 2.42. The second kappa shape index (κ2) is 6.48. The summed E-state index contributed by atoms with van der Waals surface area (Å²) in [6.07, 6.45) is 2.37. The molecule has 1 rings (SSSR count). The third-order valence-electron chi connectivity index (χ3n) is 2.14. The lowest BCUT2D eigenvalue weighted by Gasteiger charge is -2.12. The van der Waals surface area contributed by atoms with Crippen molar-refractivity contribution in [2.45, 2.75) is 19.4 Å². The summed E-state index contributed by atoms with van der Waals surface area (Å²) in [5.74, 6) is -1.81. The number of carbonyl (C=O) groups is 2. The zero-order chi connectivity index (χ0) is 12.7. The number of benzene rings is 1. The average Bonchev–Trinajstić information content (AvgIpc) is 2.27. The van der Waals surface area contributed by atoms with Crippen LogP contribution in [-0.4, -0.2) is 17.9 Å². The summed E-state index contributed by atoms with van der Waals surface area (Å²) in [6.45, 7) is 1.86. The molecule has 0 heterocycles. The predicted molar refractivity (Wildman–Crippen MR) is 61.9 cm³/mol. The van der Waals surface area contributed by atoms with Crippen LogP contribution in [0.15, 0.2) is 42.5 Å². The van der Waals surface area contributed by atoms with E-state index in [2.05, 4.69) is 5.32 Å². The third-order valence-corrected chi connectivity index (χ3v) is 2.14. The fourth-order valence-electron chi connectivity index (χ4n) is 1.45. The van der Waals surface area contributed by atoms with Crippen molar-refractivity contribution >= 4 is 11.9 Å². The topological polar surface area (TPSA) is 69.2 Å². The molecule has 4 nitrogen and oxygen atoms in total. The smallest absolute Gasteiger partial charge is 0.244 e. The second-order valence-corrected chi connectivity index (χ2v) is 3.75. The monoisotopic (exact) mass is 232 g/mol. The summed E-state index contributed by atoms with van der Waals surface area (Å²) in [6, 6.07) is 9.67. The number of carboxylic acid groups (broad SMARTS) is 1. The maximum Gasteiger partial charge on any atom is 0.244 e. The summed E-state index contributed by atoms with van der Waals surface area (Å²) in [4.78, 5) is 21.4. The van der Waals surface area contributed by atoms with Crippen LogP contribution in [0.4, 0.5) is 0 Å². The molecule has 0 radical (unpaired) electrons. The number of carbonyl (C=O) groups excluding carboxylic acids is 2. The molecule has 4 heteroatoms. The maximum atomic E-state index is 11.3. The second-order valence-electron chi connectivity index (χ2n) is 3.75. The van der Waals surface area contributed by atoms with Crippen LogP contribution in [-0.2, 0) is 16.0 Å². The van der Waals surface area contributed by atoms with E-state index in [1.807, 2.05) is 37.3 Å². The Morgan fingerprint density at radius 1 is 1.29 bits per heavy atom. The molecule has 0 aliphatic carbocycles. The van der Waals surface area contributed by atoms with Crippen molar-refractivity contribution in [3.63, 3.8) is 0 Å². The van der Waals surface area contributed by atoms with Gasteiger partial charge in [-0.05, 0) is 25.0 Å². The van der Waals surface area contributed by atoms with Gasteiger partial charge in [-0.25, -0.2) is 0 Å². The van der Waals surface area contributed by atoms with Gasteiger partial charge in [0.2, 0.25) is 5.91 Å². The quantitative estimate of drug-likeness (QED) is 0.729. The number of carboxylic acids is 1. The van der Waals surface area contributed by atoms with Gasteiger partial charge in [0.1, 0.15) is 0 Å². The van der Waals surface area contributed by atoms with E-state index >= 15 is 0 Å². The lowest BCUT2D eigenvalue weighted by Crippen LogP contribution is -2.33. The highest BCUT2D eigenvalue weighted by Gasteiger charge is 2.05. The van der Waals surface area contributed by atoms with Crippen molar-refractivity contribution in [3.8, 4) is 0 Å². The normalized spacial score (nSPS) is 12.3. The van der Waals surface area contributed by atoms with Crippen LogP contribution in [0.2, 0.25) is 0 Å². The van der Waals surface area contributed by atoms with Crippen molar-refractivity contribution in [1.82, 2.24) is 5.32 Å². The Hall–Kier alpha value is -2.10. The molecule has 1 aromatic rings. The molecule has 0 bridgehead atoms. The first-order valence-electron chi connectivity index (χ1n) is 5.31. The van der Waals surface area contributed by atoms with Crippen LogP contribution in [0, 0.1) is 0 Å². The standard InChI is InChI=1S/C13H15NO3/c1-10(9-11-5-3-2-4-6-11)14-12(15)7-8-13(16)17/h2-8,10H,9H2,1H3,(H,14,15)(H,16,17)/p-1/b8-7+/t10-/m1/s1. The highest BCUT2D eigenvalue weighted by molar-refractivity contribution is 5.93. The van der Waals surface area contributed by atoms with Gasteiger partial charge in [-0.2, -0.15) is 0 Å². The minimum Gasteiger partial charge on any atom is -0.545 e. The van der Waals surface area contributed by atoms with Gasteiger partial charge in [-0.1, -0.05) is 30.3 Å². The number of rotatable bonds is 5. The van der Waals surface area contributed by atoms with E-state index in [9.17, 15) is 14.7 Å². The van der Waals surface area contributed by atoms with Gasteiger partial charge in [-0.15, -0.1) is 0 Å². The van der Waals surface area contributed by atoms with E-state index in [1.54, 1.807) is 0 Å². The molecular formula is C13H14NO3-. The van der Waals surface area contributed by atoms with Gasteiger partial charge in [0.15, 0.2) is 0 Å². The first kappa shape index (κ1) is 13.0. The fourth-order valence-corrected chi connectivity index (χ4v) is 1.45. The zero-order valence-corrected chi connectivity index (χ0v) is 9.55. The molecule has 17 heavy (non-hydrogen) atoms. The predicted octanol–water partition coefficient (Wildman–Crippen LogP) is 0.0399. The molecule has 0 aromatic heterocycles. The molecule has 90 valence electrons. The number of hydrogen-bond donors (Lipinski definition) is 1. The maximum absolute atomic E-state index is 11.3. The SMILES string of the molecule is C[C@H](Cc1ccccc1)NC(=O)/C=C/C(=O)[O-]. The molecule has 0 aliphatic heterocycles. The first-order chi connectivity index (χ1) is 8.08. The molecule has 1 amide bonds. The molecule has 1 atom stereocenters. The molecule has 0 saturated carbocycles. The molecule has 0 saturated heterocycles. The number of nitrogens with one attached hydrogen (secondary N) is 1.